The van der Waals surface area contributed by atoms with Crippen molar-refractivity contribution in [3.63, 3.8) is 0 Å². The van der Waals surface area contributed by atoms with Crippen molar-refractivity contribution < 1.29 is 32.3 Å². The minimum atomic E-state index is -4.87. The van der Waals surface area contributed by atoms with Gasteiger partial charge in [-0.3, -0.25) is 28.4 Å². The predicted molar refractivity (Wildman–Crippen MR) is 158 cm³/mol. The van der Waals surface area contributed by atoms with Gasteiger partial charge in [0.25, 0.3) is 11.5 Å². The molecule has 3 aromatic heterocycles. The van der Waals surface area contributed by atoms with Gasteiger partial charge < -0.3 is 9.67 Å². The lowest BCUT2D eigenvalue weighted by Gasteiger charge is -2.30. The molecule has 0 atom stereocenters. The number of hydrogen-bond donors (Lipinski definition) is 1. The van der Waals surface area contributed by atoms with Crippen molar-refractivity contribution in [3.05, 3.63) is 71.5 Å². The normalized spacial score (nSPS) is 15.1. The molecule has 4 aromatic rings. The first-order valence-electron chi connectivity index (χ1n) is 13.0. The Morgan fingerprint density at radius 3 is 2.36 bits per heavy atom. The molecular weight excluding hydrogens is 650 g/mol. The SMILES string of the molecule is Cl.Cn1c(=O)c2c(CC(=O)/N=c3\scc(-c4ccc(C(F)(F)F)c(F)c4)n3CN3CCC(C(=O)O)CC3)csc2n(C)c1=O. The molecule has 236 valence electrons. The van der Waals surface area contributed by atoms with E-state index in [1.54, 1.807) is 15.3 Å². The molecule has 44 heavy (non-hydrogen) atoms. The van der Waals surface area contributed by atoms with Gasteiger partial charge in [0.15, 0.2) is 4.80 Å². The number of aliphatic carboxylic acids is 1. The van der Waals surface area contributed by atoms with Crippen molar-refractivity contribution in [1.29, 1.82) is 0 Å². The Morgan fingerprint density at radius 1 is 1.07 bits per heavy atom. The number of hydrogen-bond acceptors (Lipinski definition) is 7. The standard InChI is InChI=1S/C27H25F4N5O5S2.ClH/c1-33-22(38)21-16(11-42-23(21)34(2)26(33)41)10-20(37)32-25-36(13-35-7-5-14(6-8-35)24(39)40)19(12-43-25)15-3-4-17(18(28)9-15)27(29,30)31;/h3-4,9,11-12,14H,5-8,10,13H2,1-2H3,(H,39,40);1H/b32-25-;. The summed E-state index contributed by atoms with van der Waals surface area (Å²) >= 11 is 2.19. The van der Waals surface area contributed by atoms with Gasteiger partial charge in [-0.25, -0.2) is 9.18 Å². The lowest BCUT2D eigenvalue weighted by atomic mass is 9.97. The van der Waals surface area contributed by atoms with E-state index in [2.05, 4.69) is 4.99 Å². The fourth-order valence-electron chi connectivity index (χ4n) is 5.08. The molecule has 0 unspecified atom stereocenters. The molecule has 1 aliphatic heterocycles. The van der Waals surface area contributed by atoms with Crippen LogP contribution in [-0.2, 0) is 43.0 Å². The van der Waals surface area contributed by atoms with Gasteiger partial charge in [0.1, 0.15) is 10.6 Å². The maximum absolute atomic E-state index is 14.5. The van der Waals surface area contributed by atoms with Crippen LogP contribution in [0.4, 0.5) is 17.6 Å². The summed E-state index contributed by atoms with van der Waals surface area (Å²) in [5.74, 6) is -3.44. The fraction of sp³-hybridized carbons (Fsp3) is 0.370. The molecule has 1 fully saturated rings. The van der Waals surface area contributed by atoms with E-state index in [0.29, 0.717) is 48.1 Å². The van der Waals surface area contributed by atoms with Gasteiger partial charge in [-0.15, -0.1) is 35.1 Å². The molecule has 1 aromatic carbocycles. The largest absolute Gasteiger partial charge is 0.481 e. The van der Waals surface area contributed by atoms with Crippen LogP contribution in [0.2, 0.25) is 0 Å². The topological polar surface area (TPSA) is 119 Å². The van der Waals surface area contributed by atoms with E-state index in [1.807, 2.05) is 4.90 Å². The highest BCUT2D eigenvalue weighted by Crippen LogP contribution is 2.34. The molecule has 1 amide bonds. The first kappa shape index (κ1) is 33.3. The first-order chi connectivity index (χ1) is 20.3. The molecule has 0 aliphatic carbocycles. The van der Waals surface area contributed by atoms with Gasteiger partial charge in [0.2, 0.25) is 0 Å². The number of carboxylic acid groups (broad SMARTS) is 1. The minimum Gasteiger partial charge on any atom is -0.481 e. The number of thiophene rings is 1. The first-order valence-corrected chi connectivity index (χ1v) is 14.8. The van der Waals surface area contributed by atoms with E-state index in [9.17, 15) is 41.8 Å². The predicted octanol–water partition coefficient (Wildman–Crippen LogP) is 3.83. The number of halogens is 5. The van der Waals surface area contributed by atoms with Crippen molar-refractivity contribution in [2.45, 2.75) is 32.1 Å². The number of benzene rings is 1. The second-order valence-electron chi connectivity index (χ2n) is 10.2. The number of likely N-dealkylation sites (tertiary alicyclic amines) is 1. The minimum absolute atomic E-state index is 0. The van der Waals surface area contributed by atoms with Gasteiger partial charge in [-0.05, 0) is 35.9 Å². The Bertz CT molecular complexity index is 1930. The average molecular weight is 676 g/mol. The summed E-state index contributed by atoms with van der Waals surface area (Å²) < 4.78 is 57.9. The zero-order valence-electron chi connectivity index (χ0n) is 23.3. The van der Waals surface area contributed by atoms with E-state index < -0.39 is 46.6 Å². The molecule has 0 saturated carbocycles. The summed E-state index contributed by atoms with van der Waals surface area (Å²) in [4.78, 5) is 56.4. The van der Waals surface area contributed by atoms with Gasteiger partial charge in [0, 0.05) is 38.1 Å². The van der Waals surface area contributed by atoms with Crippen LogP contribution in [0.25, 0.3) is 21.5 Å². The zero-order valence-corrected chi connectivity index (χ0v) is 25.7. The van der Waals surface area contributed by atoms with Crippen LogP contribution in [0.3, 0.4) is 0 Å². The number of carboxylic acids is 1. The van der Waals surface area contributed by atoms with E-state index in [4.69, 9.17) is 0 Å². The number of amides is 1. The third kappa shape index (κ3) is 6.43. The lowest BCUT2D eigenvalue weighted by Crippen LogP contribution is -2.39. The molecule has 1 saturated heterocycles. The number of alkyl halides is 3. The highest BCUT2D eigenvalue weighted by atomic mass is 35.5. The van der Waals surface area contributed by atoms with E-state index in [1.165, 1.54) is 18.7 Å². The monoisotopic (exact) mass is 675 g/mol. The number of piperidine rings is 1. The Labute approximate surface area is 260 Å². The number of fused-ring (bicyclic) bond motifs is 1. The Balaban J connectivity index is 0.00000442. The molecule has 17 heteroatoms. The average Bonchev–Trinajstić information content (AvgIpc) is 3.54. The van der Waals surface area contributed by atoms with Gasteiger partial charge >= 0.3 is 17.8 Å². The van der Waals surface area contributed by atoms with Gasteiger partial charge in [-0.2, -0.15) is 18.2 Å². The number of rotatable bonds is 6. The van der Waals surface area contributed by atoms with E-state index in [0.717, 1.165) is 39.4 Å². The van der Waals surface area contributed by atoms with Gasteiger partial charge in [0.05, 0.1) is 35.7 Å². The Morgan fingerprint density at radius 2 is 1.75 bits per heavy atom. The van der Waals surface area contributed by atoms with Crippen LogP contribution in [0.5, 0.6) is 0 Å². The van der Waals surface area contributed by atoms with Crippen molar-refractivity contribution in [1.82, 2.24) is 18.6 Å². The summed E-state index contributed by atoms with van der Waals surface area (Å²) in [5, 5.41) is 12.7. The molecule has 5 rings (SSSR count). The van der Waals surface area contributed by atoms with Crippen LogP contribution < -0.4 is 16.1 Å². The summed E-state index contributed by atoms with van der Waals surface area (Å²) in [6.07, 6.45) is -4.34. The van der Waals surface area contributed by atoms with Crippen molar-refractivity contribution >= 4 is 57.2 Å². The second kappa shape index (κ2) is 12.8. The molecule has 0 bridgehead atoms. The lowest BCUT2D eigenvalue weighted by molar-refractivity contribution is -0.143. The Kier molecular flexibility index (Phi) is 9.68. The molecule has 10 nitrogen and oxygen atoms in total. The Hall–Kier alpha value is -3.60. The number of carbonyl (C=O) groups excluding carboxylic acids is 1. The molecular formula is C27H26ClF4N5O5S2. The summed E-state index contributed by atoms with van der Waals surface area (Å²) in [7, 11) is 2.87. The third-order valence-electron chi connectivity index (χ3n) is 7.45. The number of nitrogens with zero attached hydrogens (tertiary/aromatic N) is 5. The van der Waals surface area contributed by atoms with Crippen molar-refractivity contribution in [2.75, 3.05) is 13.1 Å². The van der Waals surface area contributed by atoms with Crippen LogP contribution in [0.15, 0.2) is 43.5 Å². The highest BCUT2D eigenvalue weighted by molar-refractivity contribution is 7.17. The summed E-state index contributed by atoms with van der Waals surface area (Å²) in [5.41, 5.74) is -1.57. The maximum Gasteiger partial charge on any atom is 0.419 e. The highest BCUT2D eigenvalue weighted by Gasteiger charge is 2.34. The molecule has 1 N–H and O–H groups in total. The van der Waals surface area contributed by atoms with Crippen molar-refractivity contribution in [3.8, 4) is 11.3 Å². The quantitative estimate of drug-likeness (QED) is 0.311. The number of thiazole rings is 1. The van der Waals surface area contributed by atoms with Crippen molar-refractivity contribution in [2.24, 2.45) is 25.0 Å². The van der Waals surface area contributed by atoms with Crippen LogP contribution in [-0.4, -0.2) is 48.7 Å². The smallest absolute Gasteiger partial charge is 0.419 e. The molecule has 0 spiro atoms. The zero-order chi connectivity index (χ0) is 31.2. The van der Waals surface area contributed by atoms with Crippen LogP contribution in [0.1, 0.15) is 24.0 Å². The van der Waals surface area contributed by atoms with E-state index >= 15 is 0 Å². The molecule has 4 heterocycles. The van der Waals surface area contributed by atoms with E-state index in [-0.39, 0.29) is 41.2 Å². The van der Waals surface area contributed by atoms with Crippen LogP contribution >= 0.6 is 35.1 Å². The summed E-state index contributed by atoms with van der Waals surface area (Å²) in [6.45, 7) is 0.956. The number of aromatic nitrogens is 3. The van der Waals surface area contributed by atoms with Crippen LogP contribution in [0, 0.1) is 11.7 Å². The maximum atomic E-state index is 14.5. The van der Waals surface area contributed by atoms with Gasteiger partial charge in [-0.1, -0.05) is 6.07 Å². The molecule has 0 radical (unpaired) electrons. The fourth-order valence-corrected chi connectivity index (χ4v) is 7.02. The number of aryl methyl sites for hydroxylation is 1. The summed E-state index contributed by atoms with van der Waals surface area (Å²) in [6, 6.07) is 2.58. The molecule has 1 aliphatic rings. The second-order valence-corrected chi connectivity index (χ2v) is 11.9. The third-order valence-corrected chi connectivity index (χ3v) is 9.42. The number of carbonyl (C=O) groups is 2.